The van der Waals surface area contributed by atoms with E-state index in [1.807, 2.05) is 38.1 Å². The Kier molecular flexibility index (Phi) is 5.85. The largest absolute Gasteiger partial charge is 0.481 e. The summed E-state index contributed by atoms with van der Waals surface area (Å²) in [4.78, 5) is 12.5. The van der Waals surface area contributed by atoms with Crippen LogP contribution in [-0.4, -0.2) is 22.2 Å². The number of hydrogen-bond donors (Lipinski definition) is 1. The van der Waals surface area contributed by atoms with E-state index in [2.05, 4.69) is 15.5 Å². The Hall–Kier alpha value is -2.44. The smallest absolute Gasteiger partial charge is 0.267 e. The van der Waals surface area contributed by atoms with Crippen LogP contribution in [0.2, 0.25) is 5.02 Å². The molecule has 26 heavy (non-hydrogen) atoms. The van der Waals surface area contributed by atoms with E-state index >= 15 is 0 Å². The van der Waals surface area contributed by atoms with Crippen molar-refractivity contribution < 1.29 is 9.53 Å². The first-order chi connectivity index (χ1) is 12.5. The second-order valence-electron chi connectivity index (χ2n) is 5.74. The average Bonchev–Trinajstić information content (AvgIpc) is 3.08. The zero-order chi connectivity index (χ0) is 18.5. The quantitative estimate of drug-likeness (QED) is 0.649. The Morgan fingerprint density at radius 1 is 1.23 bits per heavy atom. The fourth-order valence-corrected chi connectivity index (χ4v) is 3.23. The highest BCUT2D eigenvalue weighted by Gasteiger charge is 2.20. The van der Waals surface area contributed by atoms with Crippen molar-refractivity contribution in [3.05, 3.63) is 59.1 Å². The van der Waals surface area contributed by atoms with Crippen LogP contribution in [0.15, 0.2) is 48.5 Å². The van der Waals surface area contributed by atoms with Crippen molar-refractivity contribution in [3.63, 3.8) is 0 Å². The number of amides is 1. The number of benzene rings is 2. The van der Waals surface area contributed by atoms with E-state index in [0.717, 1.165) is 10.6 Å². The summed E-state index contributed by atoms with van der Waals surface area (Å²) < 4.78 is 5.74. The monoisotopic (exact) mass is 387 g/mol. The minimum atomic E-state index is -0.639. The fraction of sp³-hybridized carbons (Fsp3) is 0.211. The lowest BCUT2D eigenvalue weighted by molar-refractivity contribution is -0.122. The van der Waals surface area contributed by atoms with Gasteiger partial charge in [0.1, 0.15) is 10.8 Å². The molecule has 0 spiro atoms. The zero-order valence-corrected chi connectivity index (χ0v) is 16.0. The molecule has 3 aromatic rings. The maximum absolute atomic E-state index is 12.5. The van der Waals surface area contributed by atoms with Crippen LogP contribution in [0.4, 0.5) is 5.13 Å². The summed E-state index contributed by atoms with van der Waals surface area (Å²) >= 11 is 7.28. The lowest BCUT2D eigenvalue weighted by Crippen LogP contribution is -2.32. The molecule has 0 unspecified atom stereocenters. The van der Waals surface area contributed by atoms with Gasteiger partial charge in [0, 0.05) is 10.6 Å². The van der Waals surface area contributed by atoms with Gasteiger partial charge in [-0.15, -0.1) is 10.2 Å². The van der Waals surface area contributed by atoms with Crippen molar-refractivity contribution in [1.29, 1.82) is 0 Å². The molecule has 0 radical (unpaired) electrons. The standard InChI is InChI=1S/C19H18ClN3O2S/c1-3-16(25-15-6-4-5-14(20)11-15)17(24)21-19-23-22-18(26-19)13-9-7-12(2)8-10-13/h4-11,16H,3H2,1-2H3,(H,21,23,24)/t16-/m0/s1. The topological polar surface area (TPSA) is 64.1 Å². The summed E-state index contributed by atoms with van der Waals surface area (Å²) in [5, 5.41) is 12.7. The summed E-state index contributed by atoms with van der Waals surface area (Å²) in [6.45, 7) is 3.91. The Bertz CT molecular complexity index is 896. The normalized spacial score (nSPS) is 11.8. The number of nitrogens with one attached hydrogen (secondary N) is 1. The lowest BCUT2D eigenvalue weighted by Gasteiger charge is -2.16. The Morgan fingerprint density at radius 2 is 2.00 bits per heavy atom. The number of rotatable bonds is 6. The molecule has 5 nitrogen and oxygen atoms in total. The molecule has 2 aromatic carbocycles. The maximum Gasteiger partial charge on any atom is 0.267 e. The molecule has 0 aliphatic carbocycles. The van der Waals surface area contributed by atoms with Crippen LogP contribution >= 0.6 is 22.9 Å². The molecule has 0 saturated heterocycles. The number of carbonyl (C=O) groups excluding carboxylic acids is 1. The van der Waals surface area contributed by atoms with Crippen molar-refractivity contribution in [3.8, 4) is 16.3 Å². The molecule has 1 heterocycles. The van der Waals surface area contributed by atoms with E-state index < -0.39 is 6.10 Å². The number of hydrogen-bond acceptors (Lipinski definition) is 5. The summed E-state index contributed by atoms with van der Waals surface area (Å²) in [5.41, 5.74) is 2.14. The number of halogens is 1. The van der Waals surface area contributed by atoms with E-state index in [0.29, 0.717) is 22.3 Å². The molecule has 1 amide bonds. The third-order valence-electron chi connectivity index (χ3n) is 3.69. The van der Waals surface area contributed by atoms with Crippen molar-refractivity contribution in [2.75, 3.05) is 5.32 Å². The van der Waals surface area contributed by atoms with Crippen LogP contribution in [0.25, 0.3) is 10.6 Å². The molecule has 134 valence electrons. The predicted molar refractivity (Wildman–Crippen MR) is 105 cm³/mol. The summed E-state index contributed by atoms with van der Waals surface area (Å²) in [6.07, 6.45) is -0.123. The molecule has 0 fully saturated rings. The first kappa shape index (κ1) is 18.4. The van der Waals surface area contributed by atoms with Gasteiger partial charge in [0.15, 0.2) is 6.10 Å². The number of anilines is 1. The molecule has 0 saturated carbocycles. The van der Waals surface area contributed by atoms with E-state index in [9.17, 15) is 4.79 Å². The zero-order valence-electron chi connectivity index (χ0n) is 14.4. The summed E-state index contributed by atoms with van der Waals surface area (Å²) in [5.74, 6) is 0.288. The molecule has 1 aromatic heterocycles. The van der Waals surface area contributed by atoms with Gasteiger partial charge in [-0.2, -0.15) is 0 Å². The Labute approximate surface area is 161 Å². The van der Waals surface area contributed by atoms with E-state index in [1.54, 1.807) is 24.3 Å². The minimum Gasteiger partial charge on any atom is -0.481 e. The first-order valence-corrected chi connectivity index (χ1v) is 9.38. The minimum absolute atomic E-state index is 0.265. The highest BCUT2D eigenvalue weighted by atomic mass is 35.5. The van der Waals surface area contributed by atoms with Gasteiger partial charge in [0.25, 0.3) is 5.91 Å². The van der Waals surface area contributed by atoms with Crippen molar-refractivity contribution in [2.45, 2.75) is 26.4 Å². The van der Waals surface area contributed by atoms with Crippen LogP contribution in [0.1, 0.15) is 18.9 Å². The van der Waals surface area contributed by atoms with Gasteiger partial charge in [-0.3, -0.25) is 10.1 Å². The van der Waals surface area contributed by atoms with Crippen LogP contribution in [0.5, 0.6) is 5.75 Å². The Balaban J connectivity index is 1.67. The number of aromatic nitrogens is 2. The second-order valence-corrected chi connectivity index (χ2v) is 7.15. The molecule has 3 rings (SSSR count). The number of ether oxygens (including phenoxy) is 1. The highest BCUT2D eigenvalue weighted by molar-refractivity contribution is 7.18. The van der Waals surface area contributed by atoms with Gasteiger partial charge in [0.2, 0.25) is 5.13 Å². The second kappa shape index (κ2) is 8.29. The van der Waals surface area contributed by atoms with Crippen molar-refractivity contribution >= 4 is 34.0 Å². The molecule has 1 N–H and O–H groups in total. The average molecular weight is 388 g/mol. The van der Waals surface area contributed by atoms with Crippen molar-refractivity contribution in [2.24, 2.45) is 0 Å². The summed E-state index contributed by atoms with van der Waals surface area (Å²) in [7, 11) is 0. The Morgan fingerprint density at radius 3 is 2.69 bits per heavy atom. The van der Waals surface area contributed by atoms with E-state index in [4.69, 9.17) is 16.3 Å². The van der Waals surface area contributed by atoms with Gasteiger partial charge in [-0.1, -0.05) is 65.8 Å². The molecule has 1 atom stereocenters. The van der Waals surface area contributed by atoms with Crippen molar-refractivity contribution in [1.82, 2.24) is 10.2 Å². The van der Waals surface area contributed by atoms with Gasteiger partial charge in [-0.05, 0) is 31.5 Å². The van der Waals surface area contributed by atoms with Crippen LogP contribution < -0.4 is 10.1 Å². The number of carbonyl (C=O) groups is 1. The molecule has 0 bridgehead atoms. The number of aryl methyl sites for hydroxylation is 1. The lowest BCUT2D eigenvalue weighted by atomic mass is 10.2. The molecule has 7 heteroatoms. The first-order valence-electron chi connectivity index (χ1n) is 8.19. The molecule has 0 aliphatic heterocycles. The van der Waals surface area contributed by atoms with Gasteiger partial charge in [-0.25, -0.2) is 0 Å². The highest BCUT2D eigenvalue weighted by Crippen LogP contribution is 2.27. The van der Waals surface area contributed by atoms with E-state index in [1.165, 1.54) is 16.9 Å². The van der Waals surface area contributed by atoms with Gasteiger partial charge < -0.3 is 4.74 Å². The third kappa shape index (κ3) is 4.59. The fourth-order valence-electron chi connectivity index (χ4n) is 2.30. The van der Waals surface area contributed by atoms with Crippen LogP contribution in [0.3, 0.4) is 0 Å². The third-order valence-corrected chi connectivity index (χ3v) is 4.81. The summed E-state index contributed by atoms with van der Waals surface area (Å²) in [6, 6.07) is 15.0. The van der Waals surface area contributed by atoms with Gasteiger partial charge >= 0.3 is 0 Å². The van der Waals surface area contributed by atoms with Crippen LogP contribution in [-0.2, 0) is 4.79 Å². The van der Waals surface area contributed by atoms with E-state index in [-0.39, 0.29) is 5.91 Å². The number of nitrogens with zero attached hydrogens (tertiary/aromatic N) is 2. The SMILES string of the molecule is CC[C@H](Oc1cccc(Cl)c1)C(=O)Nc1nnc(-c2ccc(C)cc2)s1. The molecular weight excluding hydrogens is 370 g/mol. The molecule has 0 aliphatic rings. The maximum atomic E-state index is 12.5. The van der Waals surface area contributed by atoms with Gasteiger partial charge in [0.05, 0.1) is 0 Å². The van der Waals surface area contributed by atoms with Crippen LogP contribution in [0, 0.1) is 6.92 Å². The molecular formula is C19H18ClN3O2S. The predicted octanol–water partition coefficient (Wildman–Crippen LogP) is 4.96.